The van der Waals surface area contributed by atoms with Crippen molar-refractivity contribution in [1.29, 1.82) is 0 Å². The van der Waals surface area contributed by atoms with Gasteiger partial charge in [0, 0.05) is 24.4 Å². The zero-order valence-corrected chi connectivity index (χ0v) is 25.5. The van der Waals surface area contributed by atoms with Crippen molar-refractivity contribution in [2.75, 3.05) is 17.1 Å². The van der Waals surface area contributed by atoms with Crippen LogP contribution in [-0.4, -0.2) is 50.0 Å². The second-order valence-electron chi connectivity index (χ2n) is 10.8. The zero-order valence-electron chi connectivity index (χ0n) is 24.7. The van der Waals surface area contributed by atoms with E-state index in [2.05, 4.69) is 5.32 Å². The molecule has 0 saturated heterocycles. The molecule has 7 nitrogen and oxygen atoms in total. The van der Waals surface area contributed by atoms with E-state index in [-0.39, 0.29) is 24.9 Å². The van der Waals surface area contributed by atoms with Crippen LogP contribution in [0.5, 0.6) is 0 Å². The Balaban J connectivity index is 1.79. The molecule has 0 radical (unpaired) electrons. The topological polar surface area (TPSA) is 86.8 Å². The number of carbonyl (C=O) groups excluding carboxylic acids is 2. The summed E-state index contributed by atoms with van der Waals surface area (Å²) in [7, 11) is -3.86. The van der Waals surface area contributed by atoms with Gasteiger partial charge in [-0.15, -0.1) is 0 Å². The molecule has 0 aliphatic rings. The third-order valence-corrected chi connectivity index (χ3v) is 8.55. The van der Waals surface area contributed by atoms with Gasteiger partial charge in [-0.05, 0) is 42.8 Å². The Morgan fingerprint density at radius 3 is 2.19 bits per heavy atom. The van der Waals surface area contributed by atoms with E-state index in [9.17, 15) is 18.0 Å². The van der Waals surface area contributed by atoms with Gasteiger partial charge in [0.05, 0.1) is 11.9 Å². The predicted molar refractivity (Wildman–Crippen MR) is 170 cm³/mol. The summed E-state index contributed by atoms with van der Waals surface area (Å²) in [5.74, 6) is -0.736. The Morgan fingerprint density at radius 2 is 1.50 bits per heavy atom. The number of nitrogens with zero attached hydrogens (tertiary/aromatic N) is 2. The molecule has 0 saturated carbocycles. The van der Waals surface area contributed by atoms with Gasteiger partial charge in [-0.3, -0.25) is 13.9 Å². The number of carbonyl (C=O) groups is 2. The van der Waals surface area contributed by atoms with Crippen molar-refractivity contribution >= 4 is 38.3 Å². The minimum atomic E-state index is -3.86. The number of fused-ring (bicyclic) bond motifs is 1. The summed E-state index contributed by atoms with van der Waals surface area (Å²) in [6.45, 7) is 5.59. The number of rotatable bonds is 12. The van der Waals surface area contributed by atoms with E-state index in [0.717, 1.165) is 44.4 Å². The maximum atomic E-state index is 14.3. The van der Waals surface area contributed by atoms with Gasteiger partial charge >= 0.3 is 0 Å². The molecule has 4 rings (SSSR count). The fourth-order valence-electron chi connectivity index (χ4n) is 5.02. The highest BCUT2D eigenvalue weighted by atomic mass is 32.2. The van der Waals surface area contributed by atoms with Crippen LogP contribution in [0.3, 0.4) is 0 Å². The molecule has 2 atom stereocenters. The molecular formula is C34H39N3O4S. The maximum absolute atomic E-state index is 14.3. The van der Waals surface area contributed by atoms with E-state index in [1.54, 1.807) is 12.1 Å². The summed E-state index contributed by atoms with van der Waals surface area (Å²) in [6, 6.07) is 29.3. The summed E-state index contributed by atoms with van der Waals surface area (Å²) < 4.78 is 27.5. The number of hydrogen-bond acceptors (Lipinski definition) is 4. The van der Waals surface area contributed by atoms with Gasteiger partial charge < -0.3 is 10.2 Å². The van der Waals surface area contributed by atoms with Crippen molar-refractivity contribution in [3.05, 3.63) is 114 Å². The molecule has 4 aromatic rings. The van der Waals surface area contributed by atoms with E-state index >= 15 is 0 Å². The zero-order chi connectivity index (χ0) is 30.3. The van der Waals surface area contributed by atoms with Gasteiger partial charge in [0.1, 0.15) is 12.6 Å². The standard InChI is InChI=1S/C34H39N3O4S/c1-5-26(3)35-34(39)32(22-27-14-7-6-8-15-27)36(23-28-16-11-13-25(2)21-28)33(38)24-37(42(4,40)41)31-20-12-18-29-17-9-10-19-30(29)31/h6-21,26,32H,5,22-24H2,1-4H3,(H,35,39)/t26-,32+/m0/s1. The molecule has 0 aromatic heterocycles. The first-order valence-corrected chi connectivity index (χ1v) is 16.1. The van der Waals surface area contributed by atoms with E-state index in [1.807, 2.05) is 106 Å². The number of sulfonamides is 1. The van der Waals surface area contributed by atoms with Crippen molar-refractivity contribution in [2.45, 2.75) is 52.2 Å². The monoisotopic (exact) mass is 585 g/mol. The number of nitrogens with one attached hydrogen (secondary N) is 1. The van der Waals surface area contributed by atoms with Gasteiger partial charge in [-0.2, -0.15) is 0 Å². The fourth-order valence-corrected chi connectivity index (χ4v) is 5.88. The number of hydrogen-bond donors (Lipinski definition) is 1. The van der Waals surface area contributed by atoms with E-state index in [1.165, 1.54) is 4.90 Å². The van der Waals surface area contributed by atoms with Crippen LogP contribution < -0.4 is 9.62 Å². The first-order chi connectivity index (χ1) is 20.1. The molecule has 8 heteroatoms. The summed E-state index contributed by atoms with van der Waals surface area (Å²) >= 11 is 0. The van der Waals surface area contributed by atoms with Crippen molar-refractivity contribution < 1.29 is 18.0 Å². The van der Waals surface area contributed by atoms with Crippen molar-refractivity contribution in [3.63, 3.8) is 0 Å². The lowest BCUT2D eigenvalue weighted by Crippen LogP contribution is -2.54. The second kappa shape index (κ2) is 13.7. The molecular weight excluding hydrogens is 546 g/mol. The lowest BCUT2D eigenvalue weighted by Gasteiger charge is -2.34. The van der Waals surface area contributed by atoms with Gasteiger partial charge in [0.15, 0.2) is 0 Å². The van der Waals surface area contributed by atoms with Crippen LogP contribution in [-0.2, 0) is 32.6 Å². The summed E-state index contributed by atoms with van der Waals surface area (Å²) in [5, 5.41) is 4.64. The molecule has 42 heavy (non-hydrogen) atoms. The molecule has 0 aliphatic heterocycles. The van der Waals surface area contributed by atoms with Crippen molar-refractivity contribution in [3.8, 4) is 0 Å². The Kier molecular flexibility index (Phi) is 10.0. The van der Waals surface area contributed by atoms with Crippen LogP contribution in [0.15, 0.2) is 97.1 Å². The number of anilines is 1. The predicted octanol–water partition coefficient (Wildman–Crippen LogP) is 5.47. The van der Waals surface area contributed by atoms with Crippen LogP contribution in [0.2, 0.25) is 0 Å². The fraction of sp³-hybridized carbons (Fsp3) is 0.294. The lowest BCUT2D eigenvalue weighted by molar-refractivity contribution is -0.140. The molecule has 220 valence electrons. The van der Waals surface area contributed by atoms with E-state index in [4.69, 9.17) is 0 Å². The van der Waals surface area contributed by atoms with Crippen LogP contribution in [0.4, 0.5) is 5.69 Å². The van der Waals surface area contributed by atoms with Gasteiger partial charge in [-0.1, -0.05) is 103 Å². The first-order valence-electron chi connectivity index (χ1n) is 14.2. The minimum absolute atomic E-state index is 0.0881. The molecule has 0 spiro atoms. The van der Waals surface area contributed by atoms with Crippen molar-refractivity contribution in [2.24, 2.45) is 0 Å². The quantitative estimate of drug-likeness (QED) is 0.239. The van der Waals surface area contributed by atoms with E-state index in [0.29, 0.717) is 5.69 Å². The minimum Gasteiger partial charge on any atom is -0.352 e. The molecule has 0 bridgehead atoms. The van der Waals surface area contributed by atoms with Gasteiger partial charge in [0.2, 0.25) is 21.8 Å². The molecule has 0 unspecified atom stereocenters. The van der Waals surface area contributed by atoms with Gasteiger partial charge in [0.25, 0.3) is 0 Å². The van der Waals surface area contributed by atoms with Crippen molar-refractivity contribution in [1.82, 2.24) is 10.2 Å². The van der Waals surface area contributed by atoms with Gasteiger partial charge in [-0.25, -0.2) is 8.42 Å². The Labute approximate surface area is 249 Å². The molecule has 0 aliphatic carbocycles. The average molecular weight is 586 g/mol. The Bertz CT molecular complexity index is 1630. The van der Waals surface area contributed by atoms with Crippen LogP contribution >= 0.6 is 0 Å². The van der Waals surface area contributed by atoms with Crippen LogP contribution in [0.1, 0.15) is 37.0 Å². The molecule has 1 N–H and O–H groups in total. The molecule has 2 amide bonds. The Hall–Kier alpha value is -4.17. The molecule has 0 fully saturated rings. The molecule has 0 heterocycles. The second-order valence-corrected chi connectivity index (χ2v) is 12.7. The first kappa shape index (κ1) is 30.8. The maximum Gasteiger partial charge on any atom is 0.244 e. The summed E-state index contributed by atoms with van der Waals surface area (Å²) in [6.07, 6.45) is 2.12. The average Bonchev–Trinajstić information content (AvgIpc) is 2.97. The highest BCUT2D eigenvalue weighted by Gasteiger charge is 2.33. The normalized spacial score (nSPS) is 12.9. The van der Waals surface area contributed by atoms with E-state index < -0.39 is 28.5 Å². The number of aryl methyl sites for hydroxylation is 1. The highest BCUT2D eigenvalue weighted by molar-refractivity contribution is 7.92. The lowest BCUT2D eigenvalue weighted by atomic mass is 10.0. The highest BCUT2D eigenvalue weighted by Crippen LogP contribution is 2.29. The summed E-state index contributed by atoms with van der Waals surface area (Å²) in [5.41, 5.74) is 3.20. The number of amides is 2. The van der Waals surface area contributed by atoms with Crippen LogP contribution in [0, 0.1) is 6.92 Å². The summed E-state index contributed by atoms with van der Waals surface area (Å²) in [4.78, 5) is 29.7. The molecule has 4 aromatic carbocycles. The largest absolute Gasteiger partial charge is 0.352 e. The third kappa shape index (κ3) is 7.76. The third-order valence-electron chi connectivity index (χ3n) is 7.42. The van der Waals surface area contributed by atoms with Crippen LogP contribution in [0.25, 0.3) is 10.8 Å². The Morgan fingerprint density at radius 1 is 0.857 bits per heavy atom. The number of benzene rings is 4. The smallest absolute Gasteiger partial charge is 0.244 e. The SMILES string of the molecule is CC[C@H](C)NC(=O)[C@@H](Cc1ccccc1)N(Cc1cccc(C)c1)C(=O)CN(c1cccc2ccccc12)S(C)(=O)=O.